The third-order valence-electron chi connectivity index (χ3n) is 3.96. The molecule has 0 unspecified atom stereocenters. The van der Waals surface area contributed by atoms with Gasteiger partial charge in [-0.25, -0.2) is 4.98 Å². The van der Waals surface area contributed by atoms with Crippen molar-refractivity contribution in [3.63, 3.8) is 0 Å². The van der Waals surface area contributed by atoms with Gasteiger partial charge >= 0.3 is 5.97 Å². The molecule has 112 valence electrons. The number of carboxylic acid groups (broad SMARTS) is 1. The van der Waals surface area contributed by atoms with E-state index in [0.29, 0.717) is 11.3 Å². The highest BCUT2D eigenvalue weighted by molar-refractivity contribution is 5.93. The molecule has 1 rings (SSSR count). The number of pyridine rings is 1. The number of carbonyl (C=O) groups excluding carboxylic acids is 1. The van der Waals surface area contributed by atoms with Gasteiger partial charge in [0.2, 0.25) is 0 Å². The fraction of sp³-hybridized carbons (Fsp3) is 0.467. The molecule has 0 fully saturated rings. The highest BCUT2D eigenvalue weighted by Gasteiger charge is 2.44. The number of rotatable bonds is 4. The fourth-order valence-electron chi connectivity index (χ4n) is 1.58. The number of aliphatic carboxylic acids is 1. The third-order valence-corrected chi connectivity index (χ3v) is 3.96. The zero-order chi connectivity index (χ0) is 16.4. The Bertz CT molecular complexity index is 628. The number of amides is 1. The van der Waals surface area contributed by atoms with Crippen LogP contribution in [0.15, 0.2) is 12.1 Å². The van der Waals surface area contributed by atoms with Crippen molar-refractivity contribution >= 4 is 11.9 Å². The normalized spacial score (nSPS) is 11.6. The van der Waals surface area contributed by atoms with E-state index in [2.05, 4.69) is 10.3 Å². The number of carbonyl (C=O) groups is 2. The van der Waals surface area contributed by atoms with Crippen molar-refractivity contribution in [1.82, 2.24) is 10.3 Å². The second kappa shape index (κ2) is 5.52. The van der Waals surface area contributed by atoms with Crippen LogP contribution in [0.2, 0.25) is 0 Å². The first-order valence-electron chi connectivity index (χ1n) is 6.46. The molecule has 1 aromatic heterocycles. The summed E-state index contributed by atoms with van der Waals surface area (Å²) in [4.78, 5) is 27.6. The SMILES string of the molecule is Cc1nc(C(=O)NC(C)(C)C(C)(C)C(=O)O)ccc1C#N. The van der Waals surface area contributed by atoms with Gasteiger partial charge in [0, 0.05) is 0 Å². The van der Waals surface area contributed by atoms with E-state index in [4.69, 9.17) is 5.26 Å². The molecule has 2 N–H and O–H groups in total. The van der Waals surface area contributed by atoms with Crippen molar-refractivity contribution in [2.45, 2.75) is 40.2 Å². The Morgan fingerprint density at radius 1 is 1.29 bits per heavy atom. The predicted molar refractivity (Wildman–Crippen MR) is 76.7 cm³/mol. The maximum atomic E-state index is 12.2. The molecule has 0 aliphatic carbocycles. The van der Waals surface area contributed by atoms with Gasteiger partial charge in [0.25, 0.3) is 5.91 Å². The molecule has 1 aromatic rings. The second-order valence-electron chi connectivity index (χ2n) is 5.95. The molecule has 0 aromatic carbocycles. The van der Waals surface area contributed by atoms with E-state index >= 15 is 0 Å². The minimum absolute atomic E-state index is 0.153. The number of nitrogens with one attached hydrogen (secondary N) is 1. The largest absolute Gasteiger partial charge is 0.481 e. The summed E-state index contributed by atoms with van der Waals surface area (Å²) in [6, 6.07) is 4.95. The van der Waals surface area contributed by atoms with E-state index in [1.54, 1.807) is 34.6 Å². The van der Waals surface area contributed by atoms with E-state index in [9.17, 15) is 14.7 Å². The Kier molecular flexibility index (Phi) is 4.37. The van der Waals surface area contributed by atoms with Gasteiger partial charge in [0.1, 0.15) is 11.8 Å². The lowest BCUT2D eigenvalue weighted by atomic mass is 9.74. The Hall–Kier alpha value is -2.42. The van der Waals surface area contributed by atoms with E-state index in [-0.39, 0.29) is 5.69 Å². The van der Waals surface area contributed by atoms with Crippen molar-refractivity contribution in [3.8, 4) is 6.07 Å². The third kappa shape index (κ3) is 3.19. The number of nitrogens with zero attached hydrogens (tertiary/aromatic N) is 2. The number of carboxylic acids is 1. The van der Waals surface area contributed by atoms with Crippen molar-refractivity contribution < 1.29 is 14.7 Å². The summed E-state index contributed by atoms with van der Waals surface area (Å²) in [6.07, 6.45) is 0. The van der Waals surface area contributed by atoms with Gasteiger partial charge in [-0.05, 0) is 46.8 Å². The van der Waals surface area contributed by atoms with Gasteiger partial charge in [-0.2, -0.15) is 5.26 Å². The molecule has 0 saturated carbocycles. The summed E-state index contributed by atoms with van der Waals surface area (Å²) in [5, 5.41) is 20.8. The standard InChI is InChI=1S/C15H19N3O3/c1-9-10(8-16)6-7-11(17-9)12(19)18-15(4,5)14(2,3)13(20)21/h6-7H,1-5H3,(H,18,19)(H,20,21). The summed E-state index contributed by atoms with van der Waals surface area (Å²) in [7, 11) is 0. The van der Waals surface area contributed by atoms with E-state index < -0.39 is 22.8 Å². The molecule has 0 atom stereocenters. The number of aryl methyl sites for hydroxylation is 1. The van der Waals surface area contributed by atoms with E-state index in [1.807, 2.05) is 6.07 Å². The van der Waals surface area contributed by atoms with Crippen LogP contribution in [0.1, 0.15) is 49.4 Å². The van der Waals surface area contributed by atoms with Crippen LogP contribution in [0, 0.1) is 23.7 Å². The van der Waals surface area contributed by atoms with Crippen molar-refractivity contribution in [3.05, 3.63) is 29.1 Å². The molecule has 0 bridgehead atoms. The monoisotopic (exact) mass is 289 g/mol. The molecule has 6 heteroatoms. The molecule has 0 saturated heterocycles. The average molecular weight is 289 g/mol. The molecule has 21 heavy (non-hydrogen) atoms. The van der Waals surface area contributed by atoms with Crippen molar-refractivity contribution in [2.75, 3.05) is 0 Å². The Balaban J connectivity index is 3.04. The number of aromatic nitrogens is 1. The highest BCUT2D eigenvalue weighted by Crippen LogP contribution is 2.30. The topological polar surface area (TPSA) is 103 Å². The highest BCUT2D eigenvalue weighted by atomic mass is 16.4. The van der Waals surface area contributed by atoms with Crippen LogP contribution in [0.3, 0.4) is 0 Å². The lowest BCUT2D eigenvalue weighted by Gasteiger charge is -2.38. The molecule has 0 aliphatic heterocycles. The van der Waals surface area contributed by atoms with Crippen LogP contribution in [-0.2, 0) is 4.79 Å². The molecule has 1 amide bonds. The molecule has 1 heterocycles. The zero-order valence-electron chi connectivity index (χ0n) is 12.8. The Morgan fingerprint density at radius 3 is 2.29 bits per heavy atom. The van der Waals surface area contributed by atoms with Gasteiger partial charge < -0.3 is 10.4 Å². The number of nitriles is 1. The van der Waals surface area contributed by atoms with E-state index in [1.165, 1.54) is 12.1 Å². The predicted octanol–water partition coefficient (Wildman–Crippen LogP) is 1.88. The first-order chi connectivity index (χ1) is 9.52. The van der Waals surface area contributed by atoms with Gasteiger partial charge in [-0.1, -0.05) is 0 Å². The van der Waals surface area contributed by atoms with Crippen molar-refractivity contribution in [2.24, 2.45) is 5.41 Å². The summed E-state index contributed by atoms with van der Waals surface area (Å²) >= 11 is 0. The molecular formula is C15H19N3O3. The van der Waals surface area contributed by atoms with Crippen LogP contribution < -0.4 is 5.32 Å². The Morgan fingerprint density at radius 2 is 1.86 bits per heavy atom. The molecule has 0 aliphatic rings. The van der Waals surface area contributed by atoms with E-state index in [0.717, 1.165) is 0 Å². The summed E-state index contributed by atoms with van der Waals surface area (Å²) in [5.74, 6) is -1.47. The first-order valence-corrected chi connectivity index (χ1v) is 6.46. The number of hydrogen-bond acceptors (Lipinski definition) is 4. The minimum atomic E-state index is -1.15. The molecule has 0 radical (unpaired) electrons. The van der Waals surface area contributed by atoms with Gasteiger partial charge in [0.15, 0.2) is 0 Å². The quantitative estimate of drug-likeness (QED) is 0.880. The van der Waals surface area contributed by atoms with Crippen LogP contribution in [0.4, 0.5) is 0 Å². The summed E-state index contributed by atoms with van der Waals surface area (Å²) in [6.45, 7) is 8.03. The summed E-state index contributed by atoms with van der Waals surface area (Å²) < 4.78 is 0. The smallest absolute Gasteiger partial charge is 0.311 e. The minimum Gasteiger partial charge on any atom is -0.481 e. The molecular weight excluding hydrogens is 270 g/mol. The Labute approximate surface area is 123 Å². The van der Waals surface area contributed by atoms with Crippen LogP contribution >= 0.6 is 0 Å². The summed E-state index contributed by atoms with van der Waals surface area (Å²) in [5.41, 5.74) is -1.11. The zero-order valence-corrected chi connectivity index (χ0v) is 12.8. The first kappa shape index (κ1) is 16.6. The number of hydrogen-bond donors (Lipinski definition) is 2. The van der Waals surface area contributed by atoms with Gasteiger partial charge in [-0.3, -0.25) is 9.59 Å². The average Bonchev–Trinajstić information content (AvgIpc) is 2.37. The molecule has 6 nitrogen and oxygen atoms in total. The van der Waals surface area contributed by atoms with Crippen LogP contribution in [0.5, 0.6) is 0 Å². The molecule has 0 spiro atoms. The van der Waals surface area contributed by atoms with Gasteiger partial charge in [0.05, 0.1) is 22.2 Å². The maximum absolute atomic E-state index is 12.2. The van der Waals surface area contributed by atoms with Gasteiger partial charge in [-0.15, -0.1) is 0 Å². The lowest BCUT2D eigenvalue weighted by molar-refractivity contribution is -0.150. The lowest BCUT2D eigenvalue weighted by Crippen LogP contribution is -2.57. The second-order valence-corrected chi connectivity index (χ2v) is 5.95. The van der Waals surface area contributed by atoms with Crippen molar-refractivity contribution in [1.29, 1.82) is 5.26 Å². The van der Waals surface area contributed by atoms with Crippen LogP contribution in [-0.4, -0.2) is 27.5 Å². The fourth-order valence-corrected chi connectivity index (χ4v) is 1.58. The van der Waals surface area contributed by atoms with Crippen LogP contribution in [0.25, 0.3) is 0 Å². The maximum Gasteiger partial charge on any atom is 0.311 e.